The van der Waals surface area contributed by atoms with Crippen molar-refractivity contribution in [3.05, 3.63) is 69.7 Å². The van der Waals surface area contributed by atoms with E-state index in [9.17, 15) is 8.78 Å². The van der Waals surface area contributed by atoms with Gasteiger partial charge in [-0.05, 0) is 36.7 Å². The molecule has 2 aromatic carbocycles. The van der Waals surface area contributed by atoms with Crippen molar-refractivity contribution in [1.29, 1.82) is 0 Å². The van der Waals surface area contributed by atoms with Crippen LogP contribution in [0.25, 0.3) is 0 Å². The summed E-state index contributed by atoms with van der Waals surface area (Å²) in [4.78, 5) is 0. The first kappa shape index (κ1) is 14.9. The van der Waals surface area contributed by atoms with Gasteiger partial charge in [0.25, 0.3) is 0 Å². The summed E-state index contributed by atoms with van der Waals surface area (Å²) in [7, 11) is 0. The van der Waals surface area contributed by atoms with Gasteiger partial charge in [0.1, 0.15) is 11.6 Å². The molecule has 4 heteroatoms. The molecular formula is C16H16ClF2N. The minimum atomic E-state index is -0.579. The number of nitrogens with one attached hydrogen (secondary N) is 1. The van der Waals surface area contributed by atoms with E-state index in [2.05, 4.69) is 5.32 Å². The summed E-state index contributed by atoms with van der Waals surface area (Å²) >= 11 is 6.13. The molecule has 1 N–H and O–H groups in total. The topological polar surface area (TPSA) is 12.0 Å². The maximum absolute atomic E-state index is 14.0. The van der Waals surface area contributed by atoms with E-state index >= 15 is 0 Å². The Morgan fingerprint density at radius 3 is 2.55 bits per heavy atom. The van der Waals surface area contributed by atoms with Gasteiger partial charge in [-0.2, -0.15) is 0 Å². The van der Waals surface area contributed by atoms with Crippen LogP contribution in [0.15, 0.2) is 36.4 Å². The molecular weight excluding hydrogens is 280 g/mol. The fourth-order valence-corrected chi connectivity index (χ4v) is 2.45. The predicted molar refractivity (Wildman–Crippen MR) is 78.1 cm³/mol. The van der Waals surface area contributed by atoms with Gasteiger partial charge in [0.2, 0.25) is 0 Å². The second-order valence-electron chi connectivity index (χ2n) is 4.61. The third-order valence-electron chi connectivity index (χ3n) is 3.30. The molecule has 0 saturated heterocycles. The van der Waals surface area contributed by atoms with Crippen molar-refractivity contribution in [3.63, 3.8) is 0 Å². The van der Waals surface area contributed by atoms with Crippen LogP contribution in [0.1, 0.15) is 29.7 Å². The van der Waals surface area contributed by atoms with E-state index in [1.165, 1.54) is 12.1 Å². The first-order chi connectivity index (χ1) is 9.54. The molecule has 0 aromatic heterocycles. The van der Waals surface area contributed by atoms with Crippen molar-refractivity contribution in [1.82, 2.24) is 5.32 Å². The summed E-state index contributed by atoms with van der Waals surface area (Å²) in [5.41, 5.74) is 2.20. The molecule has 106 valence electrons. The van der Waals surface area contributed by atoms with Crippen molar-refractivity contribution >= 4 is 11.6 Å². The number of hydrogen-bond acceptors (Lipinski definition) is 1. The van der Waals surface area contributed by atoms with Crippen molar-refractivity contribution in [2.24, 2.45) is 0 Å². The maximum Gasteiger partial charge on any atom is 0.131 e. The summed E-state index contributed by atoms with van der Waals surface area (Å²) in [5.74, 6) is -1.14. The van der Waals surface area contributed by atoms with Crippen LogP contribution in [0, 0.1) is 18.6 Å². The Hall–Kier alpha value is -1.45. The van der Waals surface area contributed by atoms with E-state index in [4.69, 9.17) is 11.6 Å². The Bertz CT molecular complexity index is 613. The zero-order chi connectivity index (χ0) is 14.7. The average Bonchev–Trinajstić information content (AvgIpc) is 2.40. The molecule has 1 atom stereocenters. The molecule has 0 fully saturated rings. The largest absolute Gasteiger partial charge is 0.306 e. The number of hydrogen-bond donors (Lipinski definition) is 1. The molecule has 2 rings (SSSR count). The highest BCUT2D eigenvalue weighted by Crippen LogP contribution is 2.30. The Morgan fingerprint density at radius 2 is 1.90 bits per heavy atom. The van der Waals surface area contributed by atoms with Crippen LogP contribution in [0.2, 0.25) is 5.02 Å². The molecule has 0 heterocycles. The predicted octanol–water partition coefficient (Wildman–Crippen LogP) is 4.63. The molecule has 0 spiro atoms. The Balaban J connectivity index is 2.53. The van der Waals surface area contributed by atoms with E-state index in [0.717, 1.165) is 17.2 Å². The van der Waals surface area contributed by atoms with Gasteiger partial charge in [-0.15, -0.1) is 0 Å². The molecule has 1 unspecified atom stereocenters. The van der Waals surface area contributed by atoms with Crippen LogP contribution in [0.3, 0.4) is 0 Å². The normalized spacial score (nSPS) is 12.4. The smallest absolute Gasteiger partial charge is 0.131 e. The lowest BCUT2D eigenvalue weighted by Gasteiger charge is -2.22. The van der Waals surface area contributed by atoms with Crippen molar-refractivity contribution < 1.29 is 8.78 Å². The summed E-state index contributed by atoms with van der Waals surface area (Å²) in [6, 6.07) is 8.82. The molecule has 0 amide bonds. The lowest BCUT2D eigenvalue weighted by molar-refractivity contribution is 0.540. The molecule has 20 heavy (non-hydrogen) atoms. The molecule has 0 aliphatic carbocycles. The zero-order valence-electron chi connectivity index (χ0n) is 11.4. The van der Waals surface area contributed by atoms with E-state index in [1.807, 2.05) is 26.0 Å². The molecule has 0 radical (unpaired) electrons. The number of rotatable bonds is 4. The van der Waals surface area contributed by atoms with Gasteiger partial charge in [-0.1, -0.05) is 36.7 Å². The number of benzene rings is 2. The highest BCUT2D eigenvalue weighted by Gasteiger charge is 2.19. The molecule has 2 aromatic rings. The van der Waals surface area contributed by atoms with Crippen LogP contribution in [0.4, 0.5) is 8.78 Å². The zero-order valence-corrected chi connectivity index (χ0v) is 12.1. The van der Waals surface area contributed by atoms with Gasteiger partial charge in [-0.25, -0.2) is 8.78 Å². The van der Waals surface area contributed by atoms with Crippen LogP contribution in [0.5, 0.6) is 0 Å². The summed E-state index contributed by atoms with van der Waals surface area (Å²) in [6.07, 6.45) is 0. The third kappa shape index (κ3) is 3.00. The second-order valence-corrected chi connectivity index (χ2v) is 5.02. The average molecular weight is 296 g/mol. The third-order valence-corrected chi connectivity index (χ3v) is 3.71. The summed E-state index contributed by atoms with van der Waals surface area (Å²) < 4.78 is 27.1. The summed E-state index contributed by atoms with van der Waals surface area (Å²) in [5, 5.41) is 3.85. The molecule has 0 aliphatic rings. The van der Waals surface area contributed by atoms with Crippen LogP contribution in [-0.4, -0.2) is 6.54 Å². The van der Waals surface area contributed by atoms with Crippen LogP contribution >= 0.6 is 11.6 Å². The highest BCUT2D eigenvalue weighted by atomic mass is 35.5. The maximum atomic E-state index is 14.0. The highest BCUT2D eigenvalue weighted by molar-refractivity contribution is 6.31. The van der Waals surface area contributed by atoms with Crippen molar-refractivity contribution in [3.8, 4) is 0 Å². The van der Waals surface area contributed by atoms with Gasteiger partial charge in [-0.3, -0.25) is 0 Å². The fourth-order valence-electron chi connectivity index (χ4n) is 2.26. The molecule has 0 bridgehead atoms. The van der Waals surface area contributed by atoms with Gasteiger partial charge in [0.05, 0.1) is 6.04 Å². The van der Waals surface area contributed by atoms with E-state index in [1.54, 1.807) is 6.07 Å². The van der Waals surface area contributed by atoms with Crippen molar-refractivity contribution in [2.45, 2.75) is 19.9 Å². The van der Waals surface area contributed by atoms with Crippen LogP contribution < -0.4 is 5.32 Å². The second kappa shape index (κ2) is 6.33. The van der Waals surface area contributed by atoms with Gasteiger partial charge in [0.15, 0.2) is 0 Å². The fraction of sp³-hybridized carbons (Fsp3) is 0.250. The number of halogens is 3. The van der Waals surface area contributed by atoms with E-state index in [-0.39, 0.29) is 6.04 Å². The minimum absolute atomic E-state index is 0.348. The quantitative estimate of drug-likeness (QED) is 0.867. The van der Waals surface area contributed by atoms with Gasteiger partial charge < -0.3 is 5.32 Å². The Morgan fingerprint density at radius 1 is 1.15 bits per heavy atom. The summed E-state index contributed by atoms with van der Waals surface area (Å²) in [6.45, 7) is 4.49. The van der Waals surface area contributed by atoms with Crippen LogP contribution in [-0.2, 0) is 0 Å². The standard InChI is InChI=1S/C16H16ClF2N/c1-3-20-16(12-5-4-6-14(17)10(12)2)13-8-7-11(18)9-15(13)19/h4-9,16,20H,3H2,1-2H3. The van der Waals surface area contributed by atoms with E-state index in [0.29, 0.717) is 17.1 Å². The van der Waals surface area contributed by atoms with Gasteiger partial charge in [0, 0.05) is 16.7 Å². The Kier molecular flexibility index (Phi) is 4.73. The molecule has 0 saturated carbocycles. The van der Waals surface area contributed by atoms with Gasteiger partial charge >= 0.3 is 0 Å². The lowest BCUT2D eigenvalue weighted by Crippen LogP contribution is -2.24. The lowest BCUT2D eigenvalue weighted by atomic mass is 9.94. The molecule has 0 aliphatic heterocycles. The van der Waals surface area contributed by atoms with E-state index < -0.39 is 11.6 Å². The first-order valence-electron chi connectivity index (χ1n) is 6.48. The monoisotopic (exact) mass is 295 g/mol. The van der Waals surface area contributed by atoms with Crippen molar-refractivity contribution in [2.75, 3.05) is 6.54 Å². The Labute approximate surface area is 122 Å². The SMILES string of the molecule is CCNC(c1ccc(F)cc1F)c1cccc(Cl)c1C. The first-order valence-corrected chi connectivity index (χ1v) is 6.85. The minimum Gasteiger partial charge on any atom is -0.306 e. The molecule has 1 nitrogen and oxygen atoms in total.